The van der Waals surface area contributed by atoms with Gasteiger partial charge in [-0.3, -0.25) is 4.79 Å². The first-order chi connectivity index (χ1) is 5.65. The molecule has 0 saturated carbocycles. The molecule has 0 aliphatic heterocycles. The van der Waals surface area contributed by atoms with E-state index in [9.17, 15) is 4.79 Å². The molecule has 1 aromatic heterocycles. The molecule has 0 aliphatic carbocycles. The predicted molar refractivity (Wildman–Crippen MR) is 50.2 cm³/mol. The normalized spacial score (nSPS) is 10.2. The van der Waals surface area contributed by atoms with Crippen LogP contribution in [0.3, 0.4) is 0 Å². The van der Waals surface area contributed by atoms with E-state index in [-0.39, 0.29) is 5.43 Å². The lowest BCUT2D eigenvalue weighted by molar-refractivity contribution is 0.875. The molecule has 3 nitrogen and oxygen atoms in total. The van der Waals surface area contributed by atoms with E-state index < -0.39 is 0 Å². The zero-order valence-corrected chi connectivity index (χ0v) is 7.48. The Hall–Kier alpha value is -1.25. The van der Waals surface area contributed by atoms with Gasteiger partial charge in [0.05, 0.1) is 5.69 Å². The van der Waals surface area contributed by atoms with Crippen molar-refractivity contribution in [3.8, 4) is 0 Å². The number of pyridine rings is 1. The van der Waals surface area contributed by atoms with E-state index in [0.717, 1.165) is 24.2 Å². The molecule has 0 radical (unpaired) electrons. The van der Waals surface area contributed by atoms with Gasteiger partial charge in [0.2, 0.25) is 5.43 Å². The highest BCUT2D eigenvalue weighted by Gasteiger charge is 2.02. The molecule has 0 atom stereocenters. The van der Waals surface area contributed by atoms with Gasteiger partial charge in [-0.15, -0.1) is 0 Å². The van der Waals surface area contributed by atoms with Gasteiger partial charge in [-0.05, 0) is 13.3 Å². The second-order valence-corrected chi connectivity index (χ2v) is 2.96. The number of aromatic nitrogens is 1. The molecule has 0 aliphatic rings. The second kappa shape index (κ2) is 3.43. The number of nitrogen functional groups attached to an aromatic ring is 1. The summed E-state index contributed by atoms with van der Waals surface area (Å²) >= 11 is 0. The van der Waals surface area contributed by atoms with Crippen LogP contribution in [0.15, 0.2) is 10.9 Å². The number of aryl methyl sites for hydroxylation is 2. The molecule has 0 bridgehead atoms. The van der Waals surface area contributed by atoms with Crippen LogP contribution in [0.5, 0.6) is 0 Å². The molecule has 1 rings (SSSR count). The Labute approximate surface area is 71.6 Å². The topological polar surface area (TPSA) is 58.9 Å². The van der Waals surface area contributed by atoms with E-state index in [2.05, 4.69) is 11.9 Å². The number of rotatable bonds is 2. The van der Waals surface area contributed by atoms with E-state index >= 15 is 0 Å². The van der Waals surface area contributed by atoms with Crippen LogP contribution in [-0.4, -0.2) is 4.98 Å². The lowest BCUT2D eigenvalue weighted by atomic mass is 10.2. The Balaban J connectivity index is 3.18. The quantitative estimate of drug-likeness (QED) is 0.694. The minimum Gasteiger partial charge on any atom is -0.394 e. The molecule has 0 spiro atoms. The highest BCUT2D eigenvalue weighted by molar-refractivity contribution is 5.43. The average molecular weight is 166 g/mol. The fourth-order valence-electron chi connectivity index (χ4n) is 1.21. The van der Waals surface area contributed by atoms with Crippen LogP contribution < -0.4 is 11.2 Å². The first-order valence-corrected chi connectivity index (χ1v) is 4.13. The van der Waals surface area contributed by atoms with Gasteiger partial charge in [-0.1, -0.05) is 13.3 Å². The first kappa shape index (κ1) is 8.84. The summed E-state index contributed by atoms with van der Waals surface area (Å²) in [5.41, 5.74) is 7.62. The Kier molecular flexibility index (Phi) is 2.53. The number of hydrogen-bond donors (Lipinski definition) is 2. The Morgan fingerprint density at radius 3 is 2.83 bits per heavy atom. The van der Waals surface area contributed by atoms with Gasteiger partial charge in [-0.2, -0.15) is 0 Å². The molecule has 0 amide bonds. The zero-order chi connectivity index (χ0) is 9.14. The lowest BCUT2D eigenvalue weighted by Gasteiger charge is -2.04. The number of nitrogens with one attached hydrogen (secondary N) is 1. The van der Waals surface area contributed by atoms with Crippen molar-refractivity contribution in [2.24, 2.45) is 0 Å². The Morgan fingerprint density at radius 2 is 2.25 bits per heavy atom. The van der Waals surface area contributed by atoms with Gasteiger partial charge in [0.25, 0.3) is 0 Å². The summed E-state index contributed by atoms with van der Waals surface area (Å²) in [7, 11) is 0. The van der Waals surface area contributed by atoms with Crippen molar-refractivity contribution in [1.82, 2.24) is 4.98 Å². The van der Waals surface area contributed by atoms with Gasteiger partial charge in [0, 0.05) is 17.5 Å². The van der Waals surface area contributed by atoms with Crippen LogP contribution in [0.4, 0.5) is 5.69 Å². The zero-order valence-electron chi connectivity index (χ0n) is 7.48. The summed E-state index contributed by atoms with van der Waals surface area (Å²) in [5, 5.41) is 0. The maximum atomic E-state index is 11.2. The Bertz CT molecular complexity index is 328. The van der Waals surface area contributed by atoms with E-state index in [1.165, 1.54) is 6.07 Å². The van der Waals surface area contributed by atoms with Crippen LogP contribution in [0.2, 0.25) is 0 Å². The van der Waals surface area contributed by atoms with Crippen molar-refractivity contribution < 1.29 is 0 Å². The molecule has 0 aromatic carbocycles. The SMILES string of the molecule is CCCc1[nH]c(C)cc(=O)c1N. The summed E-state index contributed by atoms with van der Waals surface area (Å²) in [6.45, 7) is 3.92. The maximum absolute atomic E-state index is 11.2. The summed E-state index contributed by atoms with van der Waals surface area (Å²) in [4.78, 5) is 14.3. The molecular formula is C9H14N2O. The number of nitrogens with two attached hydrogens (primary N) is 1. The van der Waals surface area contributed by atoms with E-state index in [4.69, 9.17) is 5.73 Å². The highest BCUT2D eigenvalue weighted by Crippen LogP contribution is 2.06. The van der Waals surface area contributed by atoms with Gasteiger partial charge >= 0.3 is 0 Å². The Morgan fingerprint density at radius 1 is 1.58 bits per heavy atom. The van der Waals surface area contributed by atoms with Gasteiger partial charge < -0.3 is 10.7 Å². The fraction of sp³-hybridized carbons (Fsp3) is 0.444. The third kappa shape index (κ3) is 1.67. The summed E-state index contributed by atoms with van der Waals surface area (Å²) < 4.78 is 0. The first-order valence-electron chi connectivity index (χ1n) is 4.13. The van der Waals surface area contributed by atoms with Crippen LogP contribution >= 0.6 is 0 Å². The van der Waals surface area contributed by atoms with Gasteiger partial charge in [0.15, 0.2) is 0 Å². The maximum Gasteiger partial charge on any atom is 0.204 e. The smallest absolute Gasteiger partial charge is 0.204 e. The highest BCUT2D eigenvalue weighted by atomic mass is 16.1. The van der Waals surface area contributed by atoms with Crippen molar-refractivity contribution in [2.45, 2.75) is 26.7 Å². The van der Waals surface area contributed by atoms with E-state index in [0.29, 0.717) is 5.69 Å². The molecule has 1 aromatic rings. The summed E-state index contributed by atoms with van der Waals surface area (Å²) in [6.07, 6.45) is 1.83. The number of H-pyrrole nitrogens is 1. The van der Waals surface area contributed by atoms with E-state index in [1.807, 2.05) is 6.92 Å². The molecule has 66 valence electrons. The minimum atomic E-state index is -0.0744. The molecule has 0 fully saturated rings. The van der Waals surface area contributed by atoms with Crippen LogP contribution in [0.25, 0.3) is 0 Å². The number of hydrogen-bond acceptors (Lipinski definition) is 2. The largest absolute Gasteiger partial charge is 0.394 e. The van der Waals surface area contributed by atoms with Crippen LogP contribution in [0.1, 0.15) is 24.7 Å². The standard InChI is InChI=1S/C9H14N2O/c1-3-4-7-9(10)8(12)5-6(2)11-7/h5H,3-4,10H2,1-2H3,(H,11,12). The number of anilines is 1. The summed E-state index contributed by atoms with van der Waals surface area (Å²) in [6, 6.07) is 1.52. The average Bonchev–Trinajstić information content (AvgIpc) is 2.00. The van der Waals surface area contributed by atoms with Crippen molar-refractivity contribution in [3.63, 3.8) is 0 Å². The van der Waals surface area contributed by atoms with Gasteiger partial charge in [0.1, 0.15) is 0 Å². The molecule has 0 unspecified atom stereocenters. The van der Waals surface area contributed by atoms with Crippen LogP contribution in [-0.2, 0) is 6.42 Å². The number of aromatic amines is 1. The molecule has 0 saturated heterocycles. The fourth-order valence-corrected chi connectivity index (χ4v) is 1.21. The van der Waals surface area contributed by atoms with E-state index in [1.54, 1.807) is 0 Å². The third-order valence-electron chi connectivity index (χ3n) is 1.79. The third-order valence-corrected chi connectivity index (χ3v) is 1.79. The van der Waals surface area contributed by atoms with Crippen molar-refractivity contribution >= 4 is 5.69 Å². The predicted octanol–water partition coefficient (Wildman–Crippen LogP) is 1.22. The molecule has 1 heterocycles. The molecular weight excluding hydrogens is 152 g/mol. The van der Waals surface area contributed by atoms with Gasteiger partial charge in [-0.25, -0.2) is 0 Å². The molecule has 12 heavy (non-hydrogen) atoms. The van der Waals surface area contributed by atoms with Crippen LogP contribution in [0, 0.1) is 6.92 Å². The van der Waals surface area contributed by atoms with Crippen molar-refractivity contribution in [1.29, 1.82) is 0 Å². The second-order valence-electron chi connectivity index (χ2n) is 2.96. The van der Waals surface area contributed by atoms with Crippen molar-refractivity contribution in [3.05, 3.63) is 27.7 Å². The monoisotopic (exact) mass is 166 g/mol. The lowest BCUT2D eigenvalue weighted by Crippen LogP contribution is -2.13. The molecule has 3 N–H and O–H groups in total. The summed E-state index contributed by atoms with van der Waals surface area (Å²) in [5.74, 6) is 0. The minimum absolute atomic E-state index is 0.0744. The molecule has 3 heteroatoms. The van der Waals surface area contributed by atoms with Crippen molar-refractivity contribution in [2.75, 3.05) is 5.73 Å².